The van der Waals surface area contributed by atoms with Crippen LogP contribution in [0.2, 0.25) is 0 Å². The molecule has 90 valence electrons. The van der Waals surface area contributed by atoms with Crippen LogP contribution in [0.4, 0.5) is 0 Å². The molecule has 0 aliphatic heterocycles. The van der Waals surface area contributed by atoms with Gasteiger partial charge >= 0.3 is 0 Å². The molecule has 0 radical (unpaired) electrons. The van der Waals surface area contributed by atoms with E-state index in [-0.39, 0.29) is 0 Å². The molecule has 1 aliphatic carbocycles. The minimum atomic E-state index is 0.781. The van der Waals surface area contributed by atoms with Gasteiger partial charge in [-0.25, -0.2) is 0 Å². The first-order valence-electron chi connectivity index (χ1n) is 6.71. The predicted octanol–water partition coefficient (Wildman–Crippen LogP) is 3.01. The highest BCUT2D eigenvalue weighted by Crippen LogP contribution is 2.18. The smallest absolute Gasteiger partial charge is 0.0482 e. The second-order valence-electron chi connectivity index (χ2n) is 5.02. The minimum Gasteiger partial charge on any atom is -0.324 e. The minimum absolute atomic E-state index is 0.781. The van der Waals surface area contributed by atoms with Gasteiger partial charge in [0, 0.05) is 24.0 Å². The van der Waals surface area contributed by atoms with E-state index in [1.807, 2.05) is 0 Å². The summed E-state index contributed by atoms with van der Waals surface area (Å²) in [5, 5.41) is 3.68. The van der Waals surface area contributed by atoms with E-state index < -0.39 is 0 Å². The predicted molar refractivity (Wildman–Crippen MR) is 71.4 cm³/mol. The Morgan fingerprint density at radius 1 is 1.12 bits per heavy atom. The molecule has 3 rings (SSSR count). The highest BCUT2D eigenvalue weighted by molar-refractivity contribution is 5.55. The SMILES string of the molecule is c1ccn2ccc(CCNC3CCCC3)c2c1. The Bertz CT molecular complexity index is 480. The molecule has 17 heavy (non-hydrogen) atoms. The number of nitrogens with one attached hydrogen (secondary N) is 1. The summed E-state index contributed by atoms with van der Waals surface area (Å²) in [4.78, 5) is 0. The van der Waals surface area contributed by atoms with Gasteiger partial charge in [0.1, 0.15) is 0 Å². The number of pyridine rings is 1. The molecular formula is C15H20N2. The topological polar surface area (TPSA) is 16.4 Å². The van der Waals surface area contributed by atoms with E-state index in [0.717, 1.165) is 19.0 Å². The van der Waals surface area contributed by atoms with Gasteiger partial charge in [0.05, 0.1) is 0 Å². The quantitative estimate of drug-likeness (QED) is 0.851. The maximum atomic E-state index is 3.68. The van der Waals surface area contributed by atoms with Crippen LogP contribution in [-0.2, 0) is 6.42 Å². The fourth-order valence-corrected chi connectivity index (χ4v) is 2.87. The molecule has 0 saturated heterocycles. The van der Waals surface area contributed by atoms with Crippen molar-refractivity contribution in [1.82, 2.24) is 9.72 Å². The zero-order valence-electron chi connectivity index (χ0n) is 10.2. The van der Waals surface area contributed by atoms with Gasteiger partial charge in [-0.15, -0.1) is 0 Å². The molecular weight excluding hydrogens is 208 g/mol. The number of hydrogen-bond acceptors (Lipinski definition) is 1. The van der Waals surface area contributed by atoms with Crippen molar-refractivity contribution >= 4 is 5.52 Å². The van der Waals surface area contributed by atoms with Crippen molar-refractivity contribution in [2.24, 2.45) is 0 Å². The molecule has 0 amide bonds. The molecule has 1 aliphatic rings. The second kappa shape index (κ2) is 4.92. The van der Waals surface area contributed by atoms with Crippen molar-refractivity contribution in [2.75, 3.05) is 6.54 Å². The van der Waals surface area contributed by atoms with Gasteiger partial charge in [-0.05, 0) is 49.6 Å². The number of nitrogens with zero attached hydrogens (tertiary/aromatic N) is 1. The zero-order chi connectivity index (χ0) is 11.5. The van der Waals surface area contributed by atoms with Crippen LogP contribution in [0.15, 0.2) is 36.7 Å². The van der Waals surface area contributed by atoms with Crippen molar-refractivity contribution in [2.45, 2.75) is 38.1 Å². The lowest BCUT2D eigenvalue weighted by atomic mass is 10.2. The Balaban J connectivity index is 1.60. The van der Waals surface area contributed by atoms with Crippen molar-refractivity contribution in [3.8, 4) is 0 Å². The summed E-state index contributed by atoms with van der Waals surface area (Å²) in [7, 11) is 0. The van der Waals surface area contributed by atoms with Crippen molar-refractivity contribution in [3.05, 3.63) is 42.2 Å². The Kier molecular flexibility index (Phi) is 3.14. The van der Waals surface area contributed by atoms with Crippen LogP contribution in [0.25, 0.3) is 5.52 Å². The Hall–Kier alpha value is -1.28. The monoisotopic (exact) mass is 228 g/mol. The molecule has 0 bridgehead atoms. The molecule has 0 unspecified atom stereocenters. The summed E-state index contributed by atoms with van der Waals surface area (Å²) >= 11 is 0. The molecule has 2 aromatic rings. The van der Waals surface area contributed by atoms with Crippen LogP contribution in [0.3, 0.4) is 0 Å². The molecule has 2 nitrogen and oxygen atoms in total. The van der Waals surface area contributed by atoms with E-state index in [1.165, 1.54) is 36.8 Å². The van der Waals surface area contributed by atoms with Gasteiger partial charge in [0.25, 0.3) is 0 Å². The van der Waals surface area contributed by atoms with Crippen LogP contribution in [-0.4, -0.2) is 17.0 Å². The highest BCUT2D eigenvalue weighted by Gasteiger charge is 2.13. The molecule has 0 atom stereocenters. The van der Waals surface area contributed by atoms with Crippen LogP contribution in [0.1, 0.15) is 31.2 Å². The lowest BCUT2D eigenvalue weighted by molar-refractivity contribution is 0.528. The summed E-state index contributed by atoms with van der Waals surface area (Å²) in [6.45, 7) is 1.11. The summed E-state index contributed by atoms with van der Waals surface area (Å²) in [6, 6.07) is 9.41. The van der Waals surface area contributed by atoms with E-state index in [1.54, 1.807) is 0 Å². The second-order valence-corrected chi connectivity index (χ2v) is 5.02. The average Bonchev–Trinajstić information content (AvgIpc) is 2.99. The van der Waals surface area contributed by atoms with Gasteiger partial charge in [-0.2, -0.15) is 0 Å². The van der Waals surface area contributed by atoms with E-state index in [0.29, 0.717) is 0 Å². The van der Waals surface area contributed by atoms with Gasteiger partial charge in [-0.3, -0.25) is 0 Å². The Morgan fingerprint density at radius 2 is 2.00 bits per heavy atom. The summed E-state index contributed by atoms with van der Waals surface area (Å²) in [5.74, 6) is 0. The van der Waals surface area contributed by atoms with E-state index >= 15 is 0 Å². The summed E-state index contributed by atoms with van der Waals surface area (Å²) < 4.78 is 2.20. The van der Waals surface area contributed by atoms with Crippen LogP contribution >= 0.6 is 0 Å². The van der Waals surface area contributed by atoms with Gasteiger partial charge in [0.15, 0.2) is 0 Å². The first kappa shape index (κ1) is 10.8. The lowest BCUT2D eigenvalue weighted by Gasteiger charge is -2.11. The van der Waals surface area contributed by atoms with Crippen molar-refractivity contribution < 1.29 is 0 Å². The van der Waals surface area contributed by atoms with E-state index in [4.69, 9.17) is 0 Å². The molecule has 2 aromatic heterocycles. The first-order chi connectivity index (χ1) is 8.43. The first-order valence-corrected chi connectivity index (χ1v) is 6.71. The third-order valence-electron chi connectivity index (χ3n) is 3.84. The van der Waals surface area contributed by atoms with E-state index in [9.17, 15) is 0 Å². The van der Waals surface area contributed by atoms with Crippen LogP contribution in [0, 0.1) is 0 Å². The molecule has 2 heteroatoms. The molecule has 0 aromatic carbocycles. The normalized spacial score (nSPS) is 16.9. The van der Waals surface area contributed by atoms with Crippen molar-refractivity contribution in [1.29, 1.82) is 0 Å². The van der Waals surface area contributed by atoms with Crippen LogP contribution in [0.5, 0.6) is 0 Å². The van der Waals surface area contributed by atoms with Crippen molar-refractivity contribution in [3.63, 3.8) is 0 Å². The number of hydrogen-bond donors (Lipinski definition) is 1. The fraction of sp³-hybridized carbons (Fsp3) is 0.467. The largest absolute Gasteiger partial charge is 0.324 e. The number of rotatable bonds is 4. The Labute approximate surface area is 103 Å². The average molecular weight is 228 g/mol. The van der Waals surface area contributed by atoms with Crippen LogP contribution < -0.4 is 5.32 Å². The Morgan fingerprint density at radius 3 is 2.88 bits per heavy atom. The fourth-order valence-electron chi connectivity index (χ4n) is 2.87. The zero-order valence-corrected chi connectivity index (χ0v) is 10.2. The molecule has 0 spiro atoms. The van der Waals surface area contributed by atoms with Gasteiger partial charge in [0.2, 0.25) is 0 Å². The lowest BCUT2D eigenvalue weighted by Crippen LogP contribution is -2.27. The summed E-state index contributed by atoms with van der Waals surface area (Å²) in [6.07, 6.45) is 11.0. The molecule has 1 saturated carbocycles. The molecule has 1 fully saturated rings. The molecule has 1 N–H and O–H groups in total. The number of aromatic nitrogens is 1. The maximum absolute atomic E-state index is 3.68. The number of fused-ring (bicyclic) bond motifs is 1. The third kappa shape index (κ3) is 2.37. The van der Waals surface area contributed by atoms with E-state index in [2.05, 4.69) is 46.4 Å². The van der Waals surface area contributed by atoms with Gasteiger partial charge < -0.3 is 9.72 Å². The van der Waals surface area contributed by atoms with Gasteiger partial charge in [-0.1, -0.05) is 18.9 Å². The maximum Gasteiger partial charge on any atom is 0.0482 e. The highest BCUT2D eigenvalue weighted by atomic mass is 14.9. The standard InChI is InChI=1S/C15H20N2/c1-2-6-14(5-1)16-10-8-13-9-12-17-11-4-3-7-15(13)17/h3-4,7,9,11-12,14,16H,1-2,5-6,8,10H2. The third-order valence-corrected chi connectivity index (χ3v) is 3.84. The summed E-state index contributed by atoms with van der Waals surface area (Å²) in [5.41, 5.74) is 2.80. The molecule has 2 heterocycles.